The molecule has 0 amide bonds. The van der Waals surface area contributed by atoms with Crippen LogP contribution in [-0.4, -0.2) is 36.0 Å². The van der Waals surface area contributed by atoms with E-state index in [2.05, 4.69) is 10.2 Å². The molecule has 2 aromatic rings. The van der Waals surface area contributed by atoms with Gasteiger partial charge in [-0.1, -0.05) is 12.1 Å². The Morgan fingerprint density at radius 2 is 2.14 bits per heavy atom. The number of nitriles is 1. The number of piperidine rings is 1. The summed E-state index contributed by atoms with van der Waals surface area (Å²) >= 11 is 0. The molecule has 1 aromatic heterocycles. The molecular formula is C15H16N4O2S. The number of nitrogens with one attached hydrogen (secondary N) is 1. The van der Waals surface area contributed by atoms with E-state index in [1.807, 2.05) is 12.1 Å². The van der Waals surface area contributed by atoms with Gasteiger partial charge in [-0.15, -0.1) is 0 Å². The van der Waals surface area contributed by atoms with Crippen molar-refractivity contribution in [3.8, 4) is 6.07 Å². The van der Waals surface area contributed by atoms with Crippen LogP contribution in [0.4, 0.5) is 0 Å². The number of sulfonamides is 1. The molecule has 0 aliphatic carbocycles. The first-order valence-corrected chi connectivity index (χ1v) is 8.55. The molecule has 1 aliphatic heterocycles. The zero-order valence-electron chi connectivity index (χ0n) is 11.9. The van der Waals surface area contributed by atoms with Gasteiger partial charge in [-0.05, 0) is 31.0 Å². The summed E-state index contributed by atoms with van der Waals surface area (Å²) in [5.74, 6) is 0.111. The maximum absolute atomic E-state index is 12.8. The highest BCUT2D eigenvalue weighted by atomic mass is 32.2. The third-order valence-electron chi connectivity index (χ3n) is 3.97. The first-order valence-electron chi connectivity index (χ1n) is 7.11. The van der Waals surface area contributed by atoms with Crippen molar-refractivity contribution in [1.29, 1.82) is 5.26 Å². The SMILES string of the molecule is N#Cc1ccccc1S(=O)(=O)N1CCC[C@H](c2ccn[nH]2)C1. The molecule has 22 heavy (non-hydrogen) atoms. The third kappa shape index (κ3) is 2.63. The first kappa shape index (κ1) is 14.8. The lowest BCUT2D eigenvalue weighted by atomic mass is 9.96. The molecule has 114 valence electrons. The largest absolute Gasteiger partial charge is 0.282 e. The second-order valence-corrected chi connectivity index (χ2v) is 7.23. The minimum Gasteiger partial charge on any atom is -0.282 e. The fourth-order valence-electron chi connectivity index (χ4n) is 2.83. The molecule has 0 bridgehead atoms. The van der Waals surface area contributed by atoms with Crippen molar-refractivity contribution in [3.05, 3.63) is 47.8 Å². The van der Waals surface area contributed by atoms with Crippen LogP contribution in [0.2, 0.25) is 0 Å². The van der Waals surface area contributed by atoms with Crippen molar-refractivity contribution in [3.63, 3.8) is 0 Å². The summed E-state index contributed by atoms with van der Waals surface area (Å²) in [5.41, 5.74) is 1.14. The second-order valence-electron chi connectivity index (χ2n) is 5.32. The van der Waals surface area contributed by atoms with Crippen LogP contribution >= 0.6 is 0 Å². The third-order valence-corrected chi connectivity index (χ3v) is 5.89. The highest BCUT2D eigenvalue weighted by molar-refractivity contribution is 7.89. The summed E-state index contributed by atoms with van der Waals surface area (Å²) < 4.78 is 27.1. The van der Waals surface area contributed by atoms with Crippen LogP contribution in [-0.2, 0) is 10.0 Å². The predicted molar refractivity (Wildman–Crippen MR) is 80.5 cm³/mol. The fourth-order valence-corrected chi connectivity index (χ4v) is 4.50. The van der Waals surface area contributed by atoms with Crippen molar-refractivity contribution >= 4 is 10.0 Å². The molecule has 0 saturated carbocycles. The van der Waals surface area contributed by atoms with E-state index < -0.39 is 10.0 Å². The van der Waals surface area contributed by atoms with Crippen molar-refractivity contribution in [2.45, 2.75) is 23.7 Å². The Kier molecular flexibility index (Phi) is 3.96. The minimum absolute atomic E-state index is 0.0859. The van der Waals surface area contributed by atoms with Crippen LogP contribution in [0, 0.1) is 11.3 Å². The van der Waals surface area contributed by atoms with Gasteiger partial charge in [-0.3, -0.25) is 5.10 Å². The molecule has 3 rings (SSSR count). The van der Waals surface area contributed by atoms with Gasteiger partial charge in [0.2, 0.25) is 10.0 Å². The van der Waals surface area contributed by atoms with E-state index in [1.165, 1.54) is 16.4 Å². The monoisotopic (exact) mass is 316 g/mol. The Balaban J connectivity index is 1.91. The summed E-state index contributed by atoms with van der Waals surface area (Å²) in [4.78, 5) is 0.0859. The fraction of sp³-hybridized carbons (Fsp3) is 0.333. The van der Waals surface area contributed by atoms with E-state index in [0.717, 1.165) is 18.5 Å². The highest BCUT2D eigenvalue weighted by Crippen LogP contribution is 2.30. The van der Waals surface area contributed by atoms with Gasteiger partial charge in [0.05, 0.1) is 10.5 Å². The molecule has 7 heteroatoms. The Bertz CT molecular complexity index is 793. The molecule has 1 aliphatic rings. The second kappa shape index (κ2) is 5.91. The zero-order valence-corrected chi connectivity index (χ0v) is 12.8. The number of benzene rings is 1. The Labute approximate surface area is 129 Å². The molecule has 1 N–H and O–H groups in total. The van der Waals surface area contributed by atoms with E-state index in [9.17, 15) is 8.42 Å². The average Bonchev–Trinajstić information content (AvgIpc) is 3.09. The molecule has 1 fully saturated rings. The Morgan fingerprint density at radius 1 is 1.32 bits per heavy atom. The number of nitrogens with zero attached hydrogens (tertiary/aromatic N) is 3. The maximum atomic E-state index is 12.8. The Morgan fingerprint density at radius 3 is 2.86 bits per heavy atom. The molecule has 1 saturated heterocycles. The van der Waals surface area contributed by atoms with Gasteiger partial charge in [-0.25, -0.2) is 8.42 Å². The summed E-state index contributed by atoms with van der Waals surface area (Å²) in [6, 6.07) is 10.2. The van der Waals surface area contributed by atoms with Crippen molar-refractivity contribution < 1.29 is 8.42 Å². The van der Waals surface area contributed by atoms with Gasteiger partial charge < -0.3 is 0 Å². The van der Waals surface area contributed by atoms with Crippen LogP contribution in [0.25, 0.3) is 0 Å². The van der Waals surface area contributed by atoms with E-state index in [1.54, 1.807) is 18.3 Å². The van der Waals surface area contributed by atoms with E-state index >= 15 is 0 Å². The lowest BCUT2D eigenvalue weighted by molar-refractivity contribution is 0.312. The van der Waals surface area contributed by atoms with Crippen molar-refractivity contribution in [2.24, 2.45) is 0 Å². The average molecular weight is 316 g/mol. The molecule has 0 unspecified atom stereocenters. The molecule has 1 aromatic carbocycles. The smallest absolute Gasteiger partial charge is 0.244 e. The molecule has 0 radical (unpaired) electrons. The van der Waals surface area contributed by atoms with Gasteiger partial charge >= 0.3 is 0 Å². The maximum Gasteiger partial charge on any atom is 0.244 e. The predicted octanol–water partition coefficient (Wildman–Crippen LogP) is 1.85. The van der Waals surface area contributed by atoms with Gasteiger partial charge in [0.15, 0.2) is 0 Å². The molecule has 0 spiro atoms. The van der Waals surface area contributed by atoms with Crippen LogP contribution < -0.4 is 0 Å². The van der Waals surface area contributed by atoms with Crippen molar-refractivity contribution in [1.82, 2.24) is 14.5 Å². The molecule has 6 nitrogen and oxygen atoms in total. The normalized spacial score (nSPS) is 19.7. The minimum atomic E-state index is -3.65. The molecule has 2 heterocycles. The topological polar surface area (TPSA) is 89.8 Å². The summed E-state index contributed by atoms with van der Waals surface area (Å²) in [6.07, 6.45) is 3.39. The number of aromatic amines is 1. The van der Waals surface area contributed by atoms with Crippen LogP contribution in [0.5, 0.6) is 0 Å². The van der Waals surface area contributed by atoms with Gasteiger partial charge in [0.1, 0.15) is 6.07 Å². The molecule has 1 atom stereocenters. The quantitative estimate of drug-likeness (QED) is 0.935. The summed E-state index contributed by atoms with van der Waals surface area (Å²) in [5, 5.41) is 16.0. The van der Waals surface area contributed by atoms with Crippen LogP contribution in [0.3, 0.4) is 0 Å². The summed E-state index contributed by atoms with van der Waals surface area (Å²) in [7, 11) is -3.65. The molecular weight excluding hydrogens is 300 g/mol. The number of hydrogen-bond donors (Lipinski definition) is 1. The van der Waals surface area contributed by atoms with Gasteiger partial charge in [0.25, 0.3) is 0 Å². The first-order chi connectivity index (χ1) is 10.6. The zero-order chi connectivity index (χ0) is 15.6. The lowest BCUT2D eigenvalue weighted by Crippen LogP contribution is -2.39. The van der Waals surface area contributed by atoms with Gasteiger partial charge in [-0.2, -0.15) is 14.7 Å². The lowest BCUT2D eigenvalue weighted by Gasteiger charge is -2.31. The number of hydrogen-bond acceptors (Lipinski definition) is 4. The van der Waals surface area contributed by atoms with E-state index in [-0.39, 0.29) is 16.4 Å². The Hall–Kier alpha value is -2.17. The standard InChI is InChI=1S/C15H16N4O2S/c16-10-12-4-1-2-6-15(12)22(20,21)19-9-3-5-13(11-19)14-7-8-17-18-14/h1-2,4,6-8,13H,3,5,9,11H2,(H,17,18)/t13-/m0/s1. The number of rotatable bonds is 3. The van der Waals surface area contributed by atoms with Crippen molar-refractivity contribution in [2.75, 3.05) is 13.1 Å². The number of H-pyrrole nitrogens is 1. The van der Waals surface area contributed by atoms with E-state index in [4.69, 9.17) is 5.26 Å². The summed E-state index contributed by atoms with van der Waals surface area (Å²) in [6.45, 7) is 0.886. The van der Waals surface area contributed by atoms with E-state index in [0.29, 0.717) is 13.1 Å². The van der Waals surface area contributed by atoms with Crippen LogP contribution in [0.1, 0.15) is 30.0 Å². The highest BCUT2D eigenvalue weighted by Gasteiger charge is 2.32. The van der Waals surface area contributed by atoms with Gasteiger partial charge in [0, 0.05) is 30.9 Å². The van der Waals surface area contributed by atoms with Crippen LogP contribution in [0.15, 0.2) is 41.4 Å². The number of aromatic nitrogens is 2.